The SMILES string of the molecule is C/C(=C\c1cc(F)cc(N2CC[C@H](N(C)C)C2)c1)[C@H]1OC(=O)C[C@H](O)CC[C@H](C)[C@H](OC(=O)N2CCN(C)CC2)/C=C/[C@@H]1C. The van der Waals surface area contributed by atoms with E-state index in [1.165, 1.54) is 6.07 Å². The van der Waals surface area contributed by atoms with Gasteiger partial charge in [-0.3, -0.25) is 4.79 Å². The van der Waals surface area contributed by atoms with Crippen LogP contribution < -0.4 is 4.90 Å². The third kappa shape index (κ3) is 9.28. The smallest absolute Gasteiger partial charge is 0.410 e. The number of carbonyl (C=O) groups is 2. The van der Waals surface area contributed by atoms with E-state index in [-0.39, 0.29) is 30.2 Å². The molecular weight excluding hydrogens is 563 g/mol. The van der Waals surface area contributed by atoms with Crippen molar-refractivity contribution in [3.63, 3.8) is 0 Å². The van der Waals surface area contributed by atoms with Gasteiger partial charge < -0.3 is 34.2 Å². The zero-order chi connectivity index (χ0) is 32.0. The van der Waals surface area contributed by atoms with Crippen LogP contribution in [0.4, 0.5) is 14.9 Å². The summed E-state index contributed by atoms with van der Waals surface area (Å²) in [6, 6.07) is 5.45. The minimum Gasteiger partial charge on any atom is -0.457 e. The van der Waals surface area contributed by atoms with Crippen LogP contribution in [-0.4, -0.2) is 117 Å². The number of ether oxygens (including phenoxy) is 2. The van der Waals surface area contributed by atoms with Crippen molar-refractivity contribution in [2.24, 2.45) is 11.8 Å². The number of rotatable bonds is 5. The van der Waals surface area contributed by atoms with Crippen LogP contribution in [-0.2, 0) is 14.3 Å². The standard InChI is InChI=1S/C34H51FN4O5/c1-23-7-9-30(40)21-32(41)44-33(24(2)8-10-31(23)43-34(42)38-15-13-37(6)14-16-38)25(3)17-26-18-27(35)20-29(19-26)39-12-11-28(22-39)36(4)5/h8,10,17-20,23-24,28,30-31,33,40H,7,9,11-16,21-22H2,1-6H3/b10-8+,25-17+/t23-,24-,28-,30+,31+,33-/m0/s1. The Bertz CT molecular complexity index is 1200. The highest BCUT2D eigenvalue weighted by Crippen LogP contribution is 2.29. The number of esters is 1. The minimum absolute atomic E-state index is 0.0570. The average molecular weight is 615 g/mol. The molecule has 1 amide bonds. The summed E-state index contributed by atoms with van der Waals surface area (Å²) in [6.07, 6.45) is 5.23. The molecule has 44 heavy (non-hydrogen) atoms. The van der Waals surface area contributed by atoms with Crippen LogP contribution in [0.15, 0.2) is 35.9 Å². The van der Waals surface area contributed by atoms with Crippen molar-refractivity contribution in [1.82, 2.24) is 14.7 Å². The first-order valence-corrected chi connectivity index (χ1v) is 16.0. The molecule has 0 radical (unpaired) electrons. The van der Waals surface area contributed by atoms with Gasteiger partial charge in [-0.2, -0.15) is 0 Å². The van der Waals surface area contributed by atoms with Gasteiger partial charge in [0, 0.05) is 56.9 Å². The van der Waals surface area contributed by atoms with Crippen molar-refractivity contribution in [1.29, 1.82) is 0 Å². The van der Waals surface area contributed by atoms with Crippen molar-refractivity contribution < 1.29 is 28.6 Å². The van der Waals surface area contributed by atoms with Crippen molar-refractivity contribution in [2.45, 2.75) is 70.8 Å². The molecule has 0 bridgehead atoms. The van der Waals surface area contributed by atoms with Gasteiger partial charge in [-0.1, -0.05) is 26.0 Å². The second-order valence-electron chi connectivity index (χ2n) is 13.2. The first-order chi connectivity index (χ1) is 20.9. The molecule has 4 rings (SSSR count). The Morgan fingerprint density at radius 3 is 2.48 bits per heavy atom. The number of cyclic esters (lactones) is 1. The lowest BCUT2D eigenvalue weighted by atomic mass is 9.91. The van der Waals surface area contributed by atoms with E-state index in [0.717, 1.165) is 43.9 Å². The number of anilines is 1. The molecule has 1 aromatic carbocycles. The zero-order valence-electron chi connectivity index (χ0n) is 27.2. The Morgan fingerprint density at radius 2 is 1.80 bits per heavy atom. The molecule has 244 valence electrons. The van der Waals surface area contributed by atoms with E-state index < -0.39 is 24.3 Å². The van der Waals surface area contributed by atoms with Gasteiger partial charge in [-0.25, -0.2) is 9.18 Å². The van der Waals surface area contributed by atoms with Gasteiger partial charge in [0.2, 0.25) is 0 Å². The molecule has 0 spiro atoms. The molecule has 3 heterocycles. The monoisotopic (exact) mass is 614 g/mol. The number of benzene rings is 1. The van der Waals surface area contributed by atoms with Gasteiger partial charge >= 0.3 is 12.1 Å². The minimum atomic E-state index is -0.861. The number of aliphatic hydroxyl groups is 1. The summed E-state index contributed by atoms with van der Waals surface area (Å²) in [5.74, 6) is -1.12. The van der Waals surface area contributed by atoms with Crippen molar-refractivity contribution in [2.75, 3.05) is 65.3 Å². The van der Waals surface area contributed by atoms with Gasteiger partial charge in [0.25, 0.3) is 0 Å². The summed E-state index contributed by atoms with van der Waals surface area (Å²) in [5, 5.41) is 10.6. The van der Waals surface area contributed by atoms with Crippen molar-refractivity contribution in [3.8, 4) is 0 Å². The average Bonchev–Trinajstić information content (AvgIpc) is 3.47. The first-order valence-electron chi connectivity index (χ1n) is 16.0. The molecule has 0 aliphatic carbocycles. The topological polar surface area (TPSA) is 85.8 Å². The molecule has 0 aromatic heterocycles. The molecule has 6 atom stereocenters. The molecule has 0 unspecified atom stereocenters. The number of aliphatic hydroxyl groups excluding tert-OH is 1. The summed E-state index contributed by atoms with van der Waals surface area (Å²) >= 11 is 0. The third-order valence-electron chi connectivity index (χ3n) is 9.26. The number of hydrogen-bond acceptors (Lipinski definition) is 8. The zero-order valence-corrected chi connectivity index (χ0v) is 27.2. The number of amides is 1. The van der Waals surface area contributed by atoms with E-state index in [0.29, 0.717) is 37.5 Å². The van der Waals surface area contributed by atoms with Crippen molar-refractivity contribution in [3.05, 3.63) is 47.3 Å². The largest absolute Gasteiger partial charge is 0.457 e. The molecule has 3 aliphatic heterocycles. The van der Waals surface area contributed by atoms with Crippen molar-refractivity contribution >= 4 is 23.8 Å². The van der Waals surface area contributed by atoms with Crippen LogP contribution in [0.2, 0.25) is 0 Å². The summed E-state index contributed by atoms with van der Waals surface area (Å²) in [7, 11) is 6.17. The predicted molar refractivity (Wildman–Crippen MR) is 171 cm³/mol. The molecule has 2 fully saturated rings. The van der Waals surface area contributed by atoms with Gasteiger partial charge in [-0.05, 0) is 88.7 Å². The number of piperazine rings is 1. The van der Waals surface area contributed by atoms with E-state index in [1.807, 2.05) is 52.1 Å². The molecule has 3 aliphatic rings. The molecule has 1 N–H and O–H groups in total. The maximum atomic E-state index is 14.8. The number of nitrogens with zero attached hydrogens (tertiary/aromatic N) is 4. The second kappa shape index (κ2) is 15.4. The van der Waals surface area contributed by atoms with E-state index in [1.54, 1.807) is 11.0 Å². The second-order valence-corrected chi connectivity index (χ2v) is 13.2. The predicted octanol–water partition coefficient (Wildman–Crippen LogP) is 4.41. The maximum absolute atomic E-state index is 14.8. The summed E-state index contributed by atoms with van der Waals surface area (Å²) < 4.78 is 26.8. The van der Waals surface area contributed by atoms with Crippen LogP contribution in [0.5, 0.6) is 0 Å². The first kappa shape index (κ1) is 33.9. The van der Waals surface area contributed by atoms with Gasteiger partial charge in [0.15, 0.2) is 0 Å². The highest BCUT2D eigenvalue weighted by atomic mass is 19.1. The molecule has 10 heteroatoms. The van der Waals surface area contributed by atoms with Crippen LogP contribution in [0.1, 0.15) is 52.0 Å². The van der Waals surface area contributed by atoms with E-state index in [4.69, 9.17) is 9.47 Å². The summed E-state index contributed by atoms with van der Waals surface area (Å²) in [4.78, 5) is 34.3. The molecule has 9 nitrogen and oxygen atoms in total. The van der Waals surface area contributed by atoms with Gasteiger partial charge in [-0.15, -0.1) is 0 Å². The Morgan fingerprint density at radius 1 is 1.07 bits per heavy atom. The number of likely N-dealkylation sites (N-methyl/N-ethyl adjacent to an activating group) is 2. The van der Waals surface area contributed by atoms with E-state index in [9.17, 15) is 19.1 Å². The molecular formula is C34H51FN4O5. The van der Waals surface area contributed by atoms with Crippen LogP contribution in [0.25, 0.3) is 6.08 Å². The van der Waals surface area contributed by atoms with E-state index in [2.05, 4.69) is 28.8 Å². The lowest BCUT2D eigenvalue weighted by molar-refractivity contribution is -0.151. The normalized spacial score (nSPS) is 30.5. The molecule has 2 saturated heterocycles. The van der Waals surface area contributed by atoms with E-state index >= 15 is 0 Å². The fraction of sp³-hybridized carbons (Fsp3) is 0.647. The maximum Gasteiger partial charge on any atom is 0.410 e. The van der Waals surface area contributed by atoms with Gasteiger partial charge in [0.1, 0.15) is 18.0 Å². The number of hydrogen-bond donors (Lipinski definition) is 1. The third-order valence-corrected chi connectivity index (χ3v) is 9.26. The molecule has 1 aromatic rings. The number of carbonyl (C=O) groups excluding carboxylic acids is 2. The highest BCUT2D eigenvalue weighted by molar-refractivity contribution is 5.71. The van der Waals surface area contributed by atoms with Crippen LogP contribution in [0.3, 0.4) is 0 Å². The van der Waals surface area contributed by atoms with Crippen LogP contribution in [0, 0.1) is 17.7 Å². The Labute approximate surface area is 262 Å². The quantitative estimate of drug-likeness (QED) is 0.386. The lowest BCUT2D eigenvalue weighted by Gasteiger charge is -2.33. The highest BCUT2D eigenvalue weighted by Gasteiger charge is 2.29. The number of halogens is 1. The summed E-state index contributed by atoms with van der Waals surface area (Å²) in [6.45, 7) is 10.4. The Hall–Kier alpha value is -2.95. The molecule has 0 saturated carbocycles. The fourth-order valence-corrected chi connectivity index (χ4v) is 6.23. The fourth-order valence-electron chi connectivity index (χ4n) is 6.23. The summed E-state index contributed by atoms with van der Waals surface area (Å²) in [5.41, 5.74) is 2.28. The van der Waals surface area contributed by atoms with Gasteiger partial charge in [0.05, 0.1) is 12.5 Å². The Kier molecular flexibility index (Phi) is 11.8. The lowest BCUT2D eigenvalue weighted by Crippen LogP contribution is -2.48. The van der Waals surface area contributed by atoms with Crippen LogP contribution >= 0.6 is 0 Å². The Balaban J connectivity index is 1.55.